The molecular weight excluding hydrogens is 483 g/mol. The fraction of sp³-hybridized carbons (Fsp3) is 0.786. The number of ether oxygens (including phenoxy) is 1. The van der Waals surface area contributed by atoms with E-state index in [1.165, 1.54) is 24.5 Å². The quantitative estimate of drug-likeness (QED) is 0.124. The molecule has 1 aromatic rings. The van der Waals surface area contributed by atoms with Crippen molar-refractivity contribution in [1.29, 1.82) is 0 Å². The van der Waals surface area contributed by atoms with Gasteiger partial charge in [0, 0.05) is 6.16 Å². The minimum atomic E-state index is -3.55. The van der Waals surface area contributed by atoms with E-state index in [2.05, 4.69) is 6.92 Å². The molecule has 4 aliphatic carbocycles. The van der Waals surface area contributed by atoms with Crippen molar-refractivity contribution in [3.8, 4) is 5.75 Å². The van der Waals surface area contributed by atoms with Gasteiger partial charge in [0.2, 0.25) is 5.82 Å². The Morgan fingerprint density at radius 2 is 1.53 bits per heavy atom. The summed E-state index contributed by atoms with van der Waals surface area (Å²) in [4.78, 5) is 9.25. The SMILES string of the molecule is C[C@@H](CCCCCCCCCP(=O)(O)NO)COc1ccc(C23CC4CC(CC(C4)C2)C3)c(F)c1F. The fourth-order valence-electron chi connectivity index (χ4n) is 7.56. The average molecular weight is 528 g/mol. The second kappa shape index (κ2) is 12.2. The normalized spacial score (nSPS) is 29.3. The number of hydrogen-bond acceptors (Lipinski definition) is 3. The van der Waals surface area contributed by atoms with Crippen LogP contribution >= 0.6 is 7.52 Å². The Balaban J connectivity index is 1.15. The van der Waals surface area contributed by atoms with Gasteiger partial charge in [0.05, 0.1) is 6.61 Å². The van der Waals surface area contributed by atoms with Crippen LogP contribution in [-0.2, 0) is 9.98 Å². The van der Waals surface area contributed by atoms with Crippen molar-refractivity contribution in [2.45, 2.75) is 102 Å². The van der Waals surface area contributed by atoms with Gasteiger partial charge in [0.15, 0.2) is 11.6 Å². The lowest BCUT2D eigenvalue weighted by Gasteiger charge is -2.57. The number of halogens is 2. The second-order valence-corrected chi connectivity index (χ2v) is 14.2. The number of benzene rings is 1. The van der Waals surface area contributed by atoms with E-state index in [1.54, 1.807) is 6.07 Å². The lowest BCUT2D eigenvalue weighted by atomic mass is 9.48. The summed E-state index contributed by atoms with van der Waals surface area (Å²) in [7, 11) is -3.55. The van der Waals surface area contributed by atoms with E-state index < -0.39 is 19.2 Å². The average Bonchev–Trinajstić information content (AvgIpc) is 2.83. The van der Waals surface area contributed by atoms with Crippen molar-refractivity contribution in [1.82, 2.24) is 5.25 Å². The molecule has 2 atom stereocenters. The monoisotopic (exact) mass is 527 g/mol. The zero-order valence-electron chi connectivity index (χ0n) is 21.7. The molecule has 0 aliphatic heterocycles. The molecule has 0 saturated heterocycles. The maximum absolute atomic E-state index is 15.3. The highest BCUT2D eigenvalue weighted by molar-refractivity contribution is 7.55. The molecule has 0 radical (unpaired) electrons. The largest absolute Gasteiger partial charge is 0.490 e. The highest BCUT2D eigenvalue weighted by Crippen LogP contribution is 2.61. The lowest BCUT2D eigenvalue weighted by Crippen LogP contribution is -2.49. The molecule has 1 aromatic carbocycles. The first-order valence-electron chi connectivity index (χ1n) is 14.1. The van der Waals surface area contributed by atoms with Gasteiger partial charge >= 0.3 is 0 Å². The Hall–Kier alpha value is -1.01. The third-order valence-electron chi connectivity index (χ3n) is 8.99. The van der Waals surface area contributed by atoms with Crippen molar-refractivity contribution >= 4 is 7.52 Å². The summed E-state index contributed by atoms with van der Waals surface area (Å²) in [5.74, 6) is 0.861. The number of rotatable bonds is 15. The molecule has 1 unspecified atom stereocenters. The van der Waals surface area contributed by atoms with E-state index in [-0.39, 0.29) is 23.2 Å². The zero-order chi connectivity index (χ0) is 25.8. The molecule has 4 fully saturated rings. The molecule has 0 heterocycles. The fourth-order valence-corrected chi connectivity index (χ4v) is 8.31. The highest BCUT2D eigenvalue weighted by Gasteiger charge is 2.52. The minimum Gasteiger partial charge on any atom is -0.490 e. The number of hydrogen-bond donors (Lipinski definition) is 3. The third-order valence-corrected chi connectivity index (χ3v) is 10.2. The van der Waals surface area contributed by atoms with Crippen LogP contribution < -0.4 is 9.99 Å². The molecule has 0 spiro atoms. The highest BCUT2D eigenvalue weighted by atomic mass is 31.2. The Morgan fingerprint density at radius 3 is 2.11 bits per heavy atom. The van der Waals surface area contributed by atoms with Crippen molar-refractivity contribution < 1.29 is 28.2 Å². The van der Waals surface area contributed by atoms with Gasteiger partial charge in [-0.15, -0.1) is 5.25 Å². The molecule has 204 valence electrons. The van der Waals surface area contributed by atoms with Crippen molar-refractivity contribution in [3.63, 3.8) is 0 Å². The standard InChI is InChI=1S/C28H44F2NO4P/c1-20(9-7-5-3-2-4-6-8-12-36(33,34)31-32)19-35-25-11-10-24(26(29)27(25)30)28-16-21-13-22(17-28)15-23(14-21)18-28/h10-11,20-23,32H,2-9,12-19H2,1H3,(H2,31,33,34)/t20-,21?,22?,23?,28?/m0/s1. The molecule has 3 N–H and O–H groups in total. The summed E-state index contributed by atoms with van der Waals surface area (Å²) in [6.45, 7) is 2.47. The Labute approximate surface area is 214 Å². The number of nitrogens with one attached hydrogen (secondary N) is 1. The molecular formula is C28H44F2NO4P. The Bertz CT molecular complexity index is 892. The molecule has 36 heavy (non-hydrogen) atoms. The van der Waals surface area contributed by atoms with E-state index >= 15 is 8.78 Å². The second-order valence-electron chi connectivity index (χ2n) is 12.1. The van der Waals surface area contributed by atoms with E-state index in [0.29, 0.717) is 36.3 Å². The van der Waals surface area contributed by atoms with Gasteiger partial charge in [-0.1, -0.05) is 51.5 Å². The van der Waals surface area contributed by atoms with Crippen LogP contribution in [-0.4, -0.2) is 22.9 Å². The van der Waals surface area contributed by atoms with E-state index in [0.717, 1.165) is 64.2 Å². The van der Waals surface area contributed by atoms with Crippen LogP contribution in [0.15, 0.2) is 12.1 Å². The molecule has 5 rings (SSSR count). The van der Waals surface area contributed by atoms with Crippen LogP contribution in [0.5, 0.6) is 5.75 Å². The van der Waals surface area contributed by atoms with Crippen LogP contribution in [0.3, 0.4) is 0 Å². The summed E-state index contributed by atoms with van der Waals surface area (Å²) in [6, 6.07) is 3.47. The summed E-state index contributed by atoms with van der Waals surface area (Å²) >= 11 is 0. The molecule has 5 nitrogen and oxygen atoms in total. The maximum atomic E-state index is 15.3. The van der Waals surface area contributed by atoms with Crippen LogP contribution in [0.4, 0.5) is 8.78 Å². The summed E-state index contributed by atoms with van der Waals surface area (Å²) < 4.78 is 47.3. The van der Waals surface area contributed by atoms with Crippen molar-refractivity contribution in [3.05, 3.63) is 29.3 Å². The number of unbranched alkanes of at least 4 members (excludes halogenated alkanes) is 6. The lowest BCUT2D eigenvalue weighted by molar-refractivity contribution is -0.00709. The maximum Gasteiger partial charge on any atom is 0.289 e. The zero-order valence-corrected chi connectivity index (χ0v) is 22.6. The van der Waals surface area contributed by atoms with Crippen molar-refractivity contribution in [2.24, 2.45) is 23.7 Å². The van der Waals surface area contributed by atoms with Crippen LogP contribution in [0.25, 0.3) is 0 Å². The first-order chi connectivity index (χ1) is 17.2. The topological polar surface area (TPSA) is 78.8 Å². The minimum absolute atomic E-state index is 0.0386. The molecule has 4 bridgehead atoms. The molecule has 0 aromatic heterocycles. The van der Waals surface area contributed by atoms with Gasteiger partial charge in [-0.3, -0.25) is 4.57 Å². The van der Waals surface area contributed by atoms with Gasteiger partial charge in [-0.05, 0) is 92.1 Å². The van der Waals surface area contributed by atoms with Gasteiger partial charge in [-0.2, -0.15) is 4.39 Å². The Morgan fingerprint density at radius 1 is 0.972 bits per heavy atom. The smallest absolute Gasteiger partial charge is 0.289 e. The third kappa shape index (κ3) is 6.89. The molecule has 4 saturated carbocycles. The first kappa shape index (κ1) is 28.0. The van der Waals surface area contributed by atoms with E-state index in [1.807, 2.05) is 6.07 Å². The molecule has 8 heteroatoms. The summed E-state index contributed by atoms with van der Waals surface area (Å²) in [6.07, 6.45) is 14.8. The predicted molar refractivity (Wildman–Crippen MR) is 137 cm³/mol. The first-order valence-corrected chi connectivity index (χ1v) is 15.9. The van der Waals surface area contributed by atoms with Crippen LogP contribution in [0.2, 0.25) is 0 Å². The van der Waals surface area contributed by atoms with Gasteiger partial charge < -0.3 is 14.8 Å². The van der Waals surface area contributed by atoms with Crippen LogP contribution in [0.1, 0.15) is 102 Å². The molecule has 4 aliphatic rings. The van der Waals surface area contributed by atoms with E-state index in [9.17, 15) is 9.46 Å². The predicted octanol–water partition coefficient (Wildman–Crippen LogP) is 7.73. The van der Waals surface area contributed by atoms with E-state index in [4.69, 9.17) is 9.94 Å². The summed E-state index contributed by atoms with van der Waals surface area (Å²) in [5.41, 5.74) is 0.429. The van der Waals surface area contributed by atoms with Gasteiger partial charge in [0.25, 0.3) is 7.52 Å². The van der Waals surface area contributed by atoms with Gasteiger partial charge in [-0.25, -0.2) is 4.39 Å². The molecule has 0 amide bonds. The Kier molecular flexibility index (Phi) is 9.52. The van der Waals surface area contributed by atoms with Gasteiger partial charge in [0.1, 0.15) is 0 Å². The van der Waals surface area contributed by atoms with Crippen LogP contribution in [0, 0.1) is 35.3 Å². The summed E-state index contributed by atoms with van der Waals surface area (Å²) in [5, 5.41) is 10.0. The van der Waals surface area contributed by atoms with Crippen molar-refractivity contribution in [2.75, 3.05) is 12.8 Å².